The zero-order chi connectivity index (χ0) is 24.7. The lowest BCUT2D eigenvalue weighted by atomic mass is 10.1. The Kier molecular flexibility index (Phi) is 8.01. The summed E-state index contributed by atoms with van der Waals surface area (Å²) in [5.41, 5.74) is 1.73. The number of anilines is 2. The van der Waals surface area contributed by atoms with Gasteiger partial charge in [0, 0.05) is 6.54 Å². The van der Waals surface area contributed by atoms with Crippen LogP contribution in [0.1, 0.15) is 29.3 Å². The van der Waals surface area contributed by atoms with Crippen LogP contribution in [0.15, 0.2) is 77.7 Å². The molecule has 2 N–H and O–H groups in total. The Hall–Kier alpha value is -3.72. The summed E-state index contributed by atoms with van der Waals surface area (Å²) in [6.45, 7) is 3.72. The van der Waals surface area contributed by atoms with E-state index >= 15 is 0 Å². The van der Waals surface area contributed by atoms with Gasteiger partial charge in [0.1, 0.15) is 12.4 Å². The number of benzene rings is 3. The fraction of sp³-hybridized carbons (Fsp3) is 0.200. The normalized spacial score (nSPS) is 11.0. The molecule has 0 aliphatic rings. The molecule has 0 spiro atoms. The summed E-state index contributed by atoms with van der Waals surface area (Å²) in [5, 5.41) is 5.40. The summed E-state index contributed by atoms with van der Waals surface area (Å²) in [6, 6.07) is 17.5. The molecule has 0 saturated carbocycles. The average molecular weight is 484 g/mol. The van der Waals surface area contributed by atoms with Gasteiger partial charge < -0.3 is 10.6 Å². The third kappa shape index (κ3) is 5.99. The second kappa shape index (κ2) is 10.9. The molecule has 0 radical (unpaired) electrons. The molecule has 7 nitrogen and oxygen atoms in total. The molecular weight excluding hydrogens is 457 g/mol. The Balaban J connectivity index is 1.91. The summed E-state index contributed by atoms with van der Waals surface area (Å²) in [7, 11) is -4.18. The standard InChI is InChI=1S/C25H26FN3O4S/c1-3-16-27-25(31)22-6-4-5-7-23(22)28-24(30)17-29(20-12-8-18(2)9-13-20)34(32,33)21-14-10-19(26)11-15-21/h4-15H,3,16-17H2,1-2H3,(H,27,31)(H,28,30). The predicted octanol–water partition coefficient (Wildman–Crippen LogP) is 4.11. The molecule has 0 aliphatic heterocycles. The molecule has 2 amide bonds. The predicted molar refractivity (Wildman–Crippen MR) is 130 cm³/mol. The molecule has 0 aromatic heterocycles. The van der Waals surface area contributed by atoms with Crippen LogP contribution in [0.25, 0.3) is 0 Å². The van der Waals surface area contributed by atoms with Gasteiger partial charge in [0.2, 0.25) is 5.91 Å². The smallest absolute Gasteiger partial charge is 0.264 e. The van der Waals surface area contributed by atoms with E-state index < -0.39 is 28.3 Å². The second-order valence-electron chi connectivity index (χ2n) is 7.65. The summed E-state index contributed by atoms with van der Waals surface area (Å²) in [4.78, 5) is 25.3. The molecule has 3 aromatic carbocycles. The first-order valence-electron chi connectivity index (χ1n) is 10.7. The topological polar surface area (TPSA) is 95.6 Å². The number of hydrogen-bond donors (Lipinski definition) is 2. The first-order valence-corrected chi connectivity index (χ1v) is 12.2. The van der Waals surface area contributed by atoms with Crippen LogP contribution in [-0.2, 0) is 14.8 Å². The number of sulfonamides is 1. The zero-order valence-electron chi connectivity index (χ0n) is 18.9. The fourth-order valence-corrected chi connectivity index (χ4v) is 4.62. The van der Waals surface area contributed by atoms with Gasteiger partial charge in [0.25, 0.3) is 15.9 Å². The molecule has 9 heteroatoms. The number of halogens is 1. The minimum absolute atomic E-state index is 0.151. The molecule has 0 fully saturated rings. The number of aryl methyl sites for hydroxylation is 1. The third-order valence-corrected chi connectivity index (χ3v) is 6.78. The minimum Gasteiger partial charge on any atom is -0.352 e. The number of carbonyl (C=O) groups is 2. The van der Waals surface area contributed by atoms with E-state index in [0.717, 1.165) is 40.6 Å². The molecule has 0 unspecified atom stereocenters. The first kappa shape index (κ1) is 24.9. The second-order valence-corrected chi connectivity index (χ2v) is 9.51. The van der Waals surface area contributed by atoms with E-state index in [9.17, 15) is 22.4 Å². The first-order chi connectivity index (χ1) is 16.2. The van der Waals surface area contributed by atoms with Crippen molar-refractivity contribution in [2.24, 2.45) is 0 Å². The van der Waals surface area contributed by atoms with Crippen molar-refractivity contribution in [2.45, 2.75) is 25.2 Å². The lowest BCUT2D eigenvalue weighted by Crippen LogP contribution is -2.38. The van der Waals surface area contributed by atoms with Crippen LogP contribution in [-0.4, -0.2) is 33.3 Å². The maximum absolute atomic E-state index is 13.4. The Morgan fingerprint density at radius 2 is 1.59 bits per heavy atom. The summed E-state index contributed by atoms with van der Waals surface area (Å²) in [6.07, 6.45) is 0.757. The van der Waals surface area contributed by atoms with Crippen LogP contribution >= 0.6 is 0 Å². The molecule has 0 bridgehead atoms. The number of para-hydroxylation sites is 1. The molecular formula is C25H26FN3O4S. The van der Waals surface area contributed by atoms with Crippen molar-refractivity contribution in [3.63, 3.8) is 0 Å². The minimum atomic E-state index is -4.18. The number of hydrogen-bond acceptors (Lipinski definition) is 4. The van der Waals surface area contributed by atoms with E-state index in [1.54, 1.807) is 48.5 Å². The summed E-state index contributed by atoms with van der Waals surface area (Å²) in [5.74, 6) is -1.55. The average Bonchev–Trinajstić information content (AvgIpc) is 2.82. The zero-order valence-corrected chi connectivity index (χ0v) is 19.7. The van der Waals surface area contributed by atoms with E-state index in [2.05, 4.69) is 10.6 Å². The number of nitrogens with zero attached hydrogens (tertiary/aromatic N) is 1. The number of carbonyl (C=O) groups excluding carboxylic acids is 2. The van der Waals surface area contributed by atoms with E-state index in [1.807, 2.05) is 13.8 Å². The molecule has 0 heterocycles. The van der Waals surface area contributed by atoms with Crippen molar-refractivity contribution in [1.82, 2.24) is 5.32 Å². The highest BCUT2D eigenvalue weighted by molar-refractivity contribution is 7.92. The molecule has 3 aromatic rings. The van der Waals surface area contributed by atoms with Crippen LogP contribution in [0, 0.1) is 12.7 Å². The van der Waals surface area contributed by atoms with E-state index in [4.69, 9.17) is 0 Å². The van der Waals surface area contributed by atoms with E-state index in [1.165, 1.54) is 0 Å². The maximum atomic E-state index is 13.4. The van der Waals surface area contributed by atoms with Crippen molar-refractivity contribution in [3.05, 3.63) is 89.7 Å². The summed E-state index contributed by atoms with van der Waals surface area (Å²) < 4.78 is 41.1. The van der Waals surface area contributed by atoms with Gasteiger partial charge in [0.15, 0.2) is 0 Å². The Labute approximate surface area is 198 Å². The Morgan fingerprint density at radius 3 is 2.24 bits per heavy atom. The van der Waals surface area contributed by atoms with Gasteiger partial charge in [-0.1, -0.05) is 36.8 Å². The van der Waals surface area contributed by atoms with Gasteiger partial charge in [-0.15, -0.1) is 0 Å². The van der Waals surface area contributed by atoms with Gasteiger partial charge in [-0.05, 0) is 61.9 Å². The highest BCUT2D eigenvalue weighted by Crippen LogP contribution is 2.25. The van der Waals surface area contributed by atoms with Crippen LogP contribution < -0.4 is 14.9 Å². The van der Waals surface area contributed by atoms with Gasteiger partial charge in [-0.3, -0.25) is 13.9 Å². The van der Waals surface area contributed by atoms with Gasteiger partial charge >= 0.3 is 0 Å². The van der Waals surface area contributed by atoms with Crippen molar-refractivity contribution in [3.8, 4) is 0 Å². The van der Waals surface area contributed by atoms with E-state index in [0.29, 0.717) is 6.54 Å². The van der Waals surface area contributed by atoms with Crippen LogP contribution in [0.4, 0.5) is 15.8 Å². The highest BCUT2D eigenvalue weighted by Gasteiger charge is 2.27. The van der Waals surface area contributed by atoms with Crippen molar-refractivity contribution < 1.29 is 22.4 Å². The molecule has 0 atom stereocenters. The SMILES string of the molecule is CCCNC(=O)c1ccccc1NC(=O)CN(c1ccc(C)cc1)S(=O)(=O)c1ccc(F)cc1. The maximum Gasteiger partial charge on any atom is 0.264 e. The largest absolute Gasteiger partial charge is 0.352 e. The van der Waals surface area contributed by atoms with Crippen LogP contribution in [0.2, 0.25) is 0 Å². The molecule has 0 aliphatic carbocycles. The van der Waals surface area contributed by atoms with Crippen LogP contribution in [0.5, 0.6) is 0 Å². The third-order valence-electron chi connectivity index (χ3n) is 4.99. The fourth-order valence-electron chi connectivity index (χ4n) is 3.20. The lowest BCUT2D eigenvalue weighted by molar-refractivity contribution is -0.114. The van der Waals surface area contributed by atoms with Crippen molar-refractivity contribution in [2.75, 3.05) is 22.7 Å². The molecule has 178 valence electrons. The van der Waals surface area contributed by atoms with E-state index in [-0.39, 0.29) is 27.7 Å². The number of nitrogens with one attached hydrogen (secondary N) is 2. The van der Waals surface area contributed by atoms with Crippen molar-refractivity contribution in [1.29, 1.82) is 0 Å². The van der Waals surface area contributed by atoms with Crippen molar-refractivity contribution >= 4 is 33.2 Å². The highest BCUT2D eigenvalue weighted by atomic mass is 32.2. The summed E-state index contributed by atoms with van der Waals surface area (Å²) >= 11 is 0. The number of rotatable bonds is 9. The van der Waals surface area contributed by atoms with Gasteiger partial charge in [-0.25, -0.2) is 12.8 Å². The number of amides is 2. The monoisotopic (exact) mass is 483 g/mol. The Morgan fingerprint density at radius 1 is 0.941 bits per heavy atom. The quantitative estimate of drug-likeness (QED) is 0.479. The Bertz CT molecular complexity index is 1260. The van der Waals surface area contributed by atoms with Gasteiger partial charge in [-0.2, -0.15) is 0 Å². The molecule has 34 heavy (non-hydrogen) atoms. The lowest BCUT2D eigenvalue weighted by Gasteiger charge is -2.24. The van der Waals surface area contributed by atoms with Gasteiger partial charge in [0.05, 0.1) is 21.8 Å². The molecule has 0 saturated heterocycles. The van der Waals surface area contributed by atoms with Crippen LogP contribution in [0.3, 0.4) is 0 Å². The molecule has 3 rings (SSSR count).